The van der Waals surface area contributed by atoms with Crippen LogP contribution in [-0.4, -0.2) is 28.9 Å². The maximum atomic E-state index is 13.1. The Morgan fingerprint density at radius 1 is 1.18 bits per heavy atom. The third-order valence-electron chi connectivity index (χ3n) is 5.62. The average Bonchev–Trinajstić information content (AvgIpc) is 3.05. The number of aromatic nitrogens is 1. The minimum Gasteiger partial charge on any atom is -0.397 e. The van der Waals surface area contributed by atoms with Gasteiger partial charge in [-0.1, -0.05) is 43.7 Å². The molecule has 4 rings (SSSR count). The Kier molecular flexibility index (Phi) is 5.62. The van der Waals surface area contributed by atoms with E-state index in [2.05, 4.69) is 37.3 Å². The third kappa shape index (κ3) is 3.90. The molecule has 1 aliphatic heterocycles. The van der Waals surface area contributed by atoms with Crippen molar-refractivity contribution in [3.05, 3.63) is 58.6 Å². The van der Waals surface area contributed by atoms with Crippen LogP contribution in [0.25, 0.3) is 10.2 Å². The Morgan fingerprint density at radius 2 is 1.93 bits per heavy atom. The van der Waals surface area contributed by atoms with Gasteiger partial charge in [0.1, 0.15) is 9.71 Å². The quantitative estimate of drug-likeness (QED) is 0.669. The zero-order valence-corrected chi connectivity index (χ0v) is 17.2. The maximum Gasteiger partial charge on any atom is 0.266 e. The highest BCUT2D eigenvalue weighted by Gasteiger charge is 2.27. The highest BCUT2D eigenvalue weighted by atomic mass is 32.1. The Balaban J connectivity index is 1.44. The second-order valence-corrected chi connectivity index (χ2v) is 8.67. The molecule has 0 radical (unpaired) electrons. The zero-order chi connectivity index (χ0) is 19.5. The summed E-state index contributed by atoms with van der Waals surface area (Å²) >= 11 is 1.44. The van der Waals surface area contributed by atoms with Gasteiger partial charge in [-0.25, -0.2) is 4.98 Å². The van der Waals surface area contributed by atoms with E-state index in [-0.39, 0.29) is 5.91 Å². The molecule has 0 unspecified atom stereocenters. The predicted molar refractivity (Wildman–Crippen MR) is 117 cm³/mol. The molecule has 5 heteroatoms. The molecule has 0 atom stereocenters. The Bertz CT molecular complexity index is 959. The normalized spacial score (nSPS) is 15.2. The summed E-state index contributed by atoms with van der Waals surface area (Å²) in [5, 5.41) is 0.909. The van der Waals surface area contributed by atoms with Gasteiger partial charge < -0.3 is 10.6 Å². The number of nitrogen functional groups attached to an aromatic ring is 1. The molecule has 1 saturated heterocycles. The van der Waals surface area contributed by atoms with Crippen molar-refractivity contribution in [3.8, 4) is 0 Å². The van der Waals surface area contributed by atoms with Crippen LogP contribution in [0.1, 0.15) is 47.1 Å². The van der Waals surface area contributed by atoms with E-state index in [1.54, 1.807) is 0 Å². The van der Waals surface area contributed by atoms with Crippen LogP contribution in [0, 0.1) is 5.92 Å². The molecule has 1 fully saturated rings. The van der Waals surface area contributed by atoms with Gasteiger partial charge in [-0.2, -0.15) is 0 Å². The molecule has 146 valence electrons. The molecule has 0 aliphatic carbocycles. The summed E-state index contributed by atoms with van der Waals surface area (Å²) in [4.78, 5) is 21.3. The van der Waals surface area contributed by atoms with Gasteiger partial charge in [0.2, 0.25) is 0 Å². The molecule has 1 aliphatic rings. The van der Waals surface area contributed by atoms with Crippen molar-refractivity contribution in [2.45, 2.75) is 39.0 Å². The Hall–Kier alpha value is -2.40. The number of pyridine rings is 1. The fourth-order valence-corrected chi connectivity index (χ4v) is 5.10. The molecule has 1 aromatic carbocycles. The van der Waals surface area contributed by atoms with Gasteiger partial charge in [0.15, 0.2) is 0 Å². The standard InChI is InChI=1S/C23H27N3OS/c1-2-6-18-9-10-19-20(24)21(28-22(19)25-18)23(27)26-13-11-17(12-14-26)15-16-7-4-3-5-8-16/h3-5,7-10,17H,2,6,11-15,24H2,1H3. The van der Waals surface area contributed by atoms with Crippen molar-refractivity contribution in [1.82, 2.24) is 9.88 Å². The lowest BCUT2D eigenvalue weighted by Crippen LogP contribution is -2.38. The van der Waals surface area contributed by atoms with Gasteiger partial charge in [-0.15, -0.1) is 11.3 Å². The molecule has 3 heterocycles. The number of piperidine rings is 1. The number of rotatable bonds is 5. The Morgan fingerprint density at radius 3 is 2.64 bits per heavy atom. The Labute approximate surface area is 170 Å². The summed E-state index contributed by atoms with van der Waals surface area (Å²) in [5.41, 5.74) is 9.36. The van der Waals surface area contributed by atoms with E-state index in [1.807, 2.05) is 17.0 Å². The lowest BCUT2D eigenvalue weighted by Gasteiger charge is -2.32. The van der Waals surface area contributed by atoms with Crippen LogP contribution >= 0.6 is 11.3 Å². The largest absolute Gasteiger partial charge is 0.397 e. The molecule has 0 saturated carbocycles. The van der Waals surface area contributed by atoms with Gasteiger partial charge in [-0.05, 0) is 49.3 Å². The number of anilines is 1. The van der Waals surface area contributed by atoms with Crippen molar-refractivity contribution in [1.29, 1.82) is 0 Å². The minimum absolute atomic E-state index is 0.0655. The molecule has 2 N–H and O–H groups in total. The van der Waals surface area contributed by atoms with Crippen molar-refractivity contribution in [3.63, 3.8) is 0 Å². The molecular formula is C23H27N3OS. The van der Waals surface area contributed by atoms with Gasteiger partial charge in [0, 0.05) is 24.2 Å². The van der Waals surface area contributed by atoms with E-state index in [4.69, 9.17) is 10.7 Å². The van der Waals surface area contributed by atoms with E-state index >= 15 is 0 Å². The van der Waals surface area contributed by atoms with Crippen LogP contribution in [0.3, 0.4) is 0 Å². The van der Waals surface area contributed by atoms with E-state index < -0.39 is 0 Å². The molecule has 4 nitrogen and oxygen atoms in total. The van der Waals surface area contributed by atoms with E-state index in [9.17, 15) is 4.79 Å². The second kappa shape index (κ2) is 8.31. The monoisotopic (exact) mass is 393 g/mol. The van der Waals surface area contributed by atoms with Crippen molar-refractivity contribution in [2.24, 2.45) is 5.92 Å². The van der Waals surface area contributed by atoms with Crippen LogP contribution in [-0.2, 0) is 12.8 Å². The number of carbonyl (C=O) groups is 1. The van der Waals surface area contributed by atoms with Gasteiger partial charge >= 0.3 is 0 Å². The third-order valence-corrected chi connectivity index (χ3v) is 6.72. The number of fused-ring (bicyclic) bond motifs is 1. The SMILES string of the molecule is CCCc1ccc2c(N)c(C(=O)N3CCC(Cc4ccccc4)CC3)sc2n1. The summed E-state index contributed by atoms with van der Waals surface area (Å²) in [6.45, 7) is 3.75. The van der Waals surface area contributed by atoms with Crippen LogP contribution in [0.2, 0.25) is 0 Å². The summed E-state index contributed by atoms with van der Waals surface area (Å²) < 4.78 is 0. The van der Waals surface area contributed by atoms with Gasteiger partial charge in [0.05, 0.1) is 5.69 Å². The van der Waals surface area contributed by atoms with E-state index in [0.29, 0.717) is 16.5 Å². The van der Waals surface area contributed by atoms with E-state index in [1.165, 1.54) is 16.9 Å². The topological polar surface area (TPSA) is 59.2 Å². The van der Waals surface area contributed by atoms with Crippen LogP contribution < -0.4 is 5.73 Å². The van der Waals surface area contributed by atoms with Crippen molar-refractivity contribution in [2.75, 3.05) is 18.8 Å². The molecule has 0 spiro atoms. The summed E-state index contributed by atoms with van der Waals surface area (Å²) in [6, 6.07) is 14.7. The van der Waals surface area contributed by atoms with Crippen molar-refractivity contribution < 1.29 is 4.79 Å². The molecule has 28 heavy (non-hydrogen) atoms. The summed E-state index contributed by atoms with van der Waals surface area (Å²) in [6.07, 6.45) is 5.20. The molecule has 1 amide bonds. The number of nitrogens with zero attached hydrogens (tertiary/aromatic N) is 2. The lowest BCUT2D eigenvalue weighted by atomic mass is 9.90. The van der Waals surface area contributed by atoms with E-state index in [0.717, 1.165) is 61.1 Å². The number of aryl methyl sites for hydroxylation is 1. The number of hydrogen-bond acceptors (Lipinski definition) is 4. The minimum atomic E-state index is 0.0655. The number of carbonyl (C=O) groups excluding carboxylic acids is 1. The number of amides is 1. The number of nitrogens with two attached hydrogens (primary N) is 1. The second-order valence-electron chi connectivity index (χ2n) is 7.68. The highest BCUT2D eigenvalue weighted by molar-refractivity contribution is 7.21. The van der Waals surface area contributed by atoms with Crippen LogP contribution in [0.4, 0.5) is 5.69 Å². The number of thiophene rings is 1. The highest BCUT2D eigenvalue weighted by Crippen LogP contribution is 2.34. The zero-order valence-electron chi connectivity index (χ0n) is 16.4. The van der Waals surface area contributed by atoms with Gasteiger partial charge in [0.25, 0.3) is 5.91 Å². The van der Waals surface area contributed by atoms with Crippen LogP contribution in [0.15, 0.2) is 42.5 Å². The number of likely N-dealkylation sites (tertiary alicyclic amines) is 1. The average molecular weight is 394 g/mol. The van der Waals surface area contributed by atoms with Crippen LogP contribution in [0.5, 0.6) is 0 Å². The smallest absolute Gasteiger partial charge is 0.266 e. The van der Waals surface area contributed by atoms with Gasteiger partial charge in [-0.3, -0.25) is 4.79 Å². The molecule has 0 bridgehead atoms. The summed E-state index contributed by atoms with van der Waals surface area (Å²) in [7, 11) is 0. The first-order valence-electron chi connectivity index (χ1n) is 10.2. The molecular weight excluding hydrogens is 366 g/mol. The lowest BCUT2D eigenvalue weighted by molar-refractivity contribution is 0.0696. The van der Waals surface area contributed by atoms with Crippen molar-refractivity contribution >= 4 is 33.1 Å². The number of benzene rings is 1. The molecule has 2 aromatic heterocycles. The number of hydrogen-bond donors (Lipinski definition) is 1. The first-order valence-corrected chi connectivity index (χ1v) is 11.0. The molecule has 3 aromatic rings. The predicted octanol–water partition coefficient (Wildman–Crippen LogP) is 4.93. The fourth-order valence-electron chi connectivity index (χ4n) is 4.02. The fraction of sp³-hybridized carbons (Fsp3) is 0.391. The first-order chi connectivity index (χ1) is 13.7. The summed E-state index contributed by atoms with van der Waals surface area (Å²) in [5.74, 6) is 0.708. The first kappa shape index (κ1) is 18.9. The maximum absolute atomic E-state index is 13.1.